The third kappa shape index (κ3) is 3.80. The molecule has 1 fully saturated rings. The van der Waals surface area contributed by atoms with Crippen LogP contribution >= 0.6 is 27.7 Å². The zero-order valence-corrected chi connectivity index (χ0v) is 15.1. The molecule has 0 bridgehead atoms. The van der Waals surface area contributed by atoms with Crippen LogP contribution in [-0.2, 0) is 11.3 Å². The molecule has 2 aromatic carbocycles. The second-order valence-electron chi connectivity index (χ2n) is 5.21. The average molecular weight is 419 g/mol. The van der Waals surface area contributed by atoms with E-state index in [-0.39, 0.29) is 23.4 Å². The predicted octanol–water partition coefficient (Wildman–Crippen LogP) is 4.59. The maximum atomic E-state index is 12.5. The molecule has 1 aliphatic heterocycles. The number of nitrogens with zero attached hydrogens (tertiary/aromatic N) is 2. The highest BCUT2D eigenvalue weighted by molar-refractivity contribution is 9.10. The van der Waals surface area contributed by atoms with Crippen LogP contribution in [0.4, 0.5) is 10.5 Å². The van der Waals surface area contributed by atoms with Gasteiger partial charge in [-0.2, -0.15) is 0 Å². The van der Waals surface area contributed by atoms with Crippen molar-refractivity contribution >= 4 is 50.6 Å². The summed E-state index contributed by atoms with van der Waals surface area (Å²) >= 11 is 4.27. The van der Waals surface area contributed by atoms with E-state index in [1.807, 2.05) is 24.3 Å². The van der Waals surface area contributed by atoms with Crippen molar-refractivity contribution in [2.24, 2.45) is 0 Å². The van der Waals surface area contributed by atoms with E-state index in [4.69, 9.17) is 0 Å². The lowest BCUT2D eigenvalue weighted by Gasteiger charge is -2.13. The molecule has 0 N–H and O–H groups in total. The number of hydrogen-bond acceptors (Lipinski definition) is 5. The molecule has 0 atom stereocenters. The summed E-state index contributed by atoms with van der Waals surface area (Å²) in [5.74, 6) is -0.371. The Morgan fingerprint density at radius 1 is 1.12 bits per heavy atom. The highest BCUT2D eigenvalue weighted by Crippen LogP contribution is 2.34. The maximum absolute atomic E-state index is 12.5. The number of halogens is 1. The lowest BCUT2D eigenvalue weighted by atomic mass is 10.2. The van der Waals surface area contributed by atoms with E-state index in [9.17, 15) is 19.7 Å². The van der Waals surface area contributed by atoms with Crippen molar-refractivity contribution in [1.29, 1.82) is 0 Å². The quantitative estimate of drug-likeness (QED) is 0.411. The molecular weight excluding hydrogens is 408 g/mol. The Balaban J connectivity index is 1.81. The van der Waals surface area contributed by atoms with Crippen LogP contribution in [0.3, 0.4) is 0 Å². The molecule has 6 nitrogen and oxygen atoms in total. The van der Waals surface area contributed by atoms with Gasteiger partial charge >= 0.3 is 0 Å². The largest absolute Gasteiger partial charge is 0.293 e. The second-order valence-corrected chi connectivity index (χ2v) is 7.06. The van der Waals surface area contributed by atoms with E-state index in [1.165, 1.54) is 17.0 Å². The van der Waals surface area contributed by atoms with Crippen molar-refractivity contribution in [2.75, 3.05) is 0 Å². The number of carbonyl (C=O) groups is 2. The van der Waals surface area contributed by atoms with Gasteiger partial charge in [0.25, 0.3) is 16.8 Å². The van der Waals surface area contributed by atoms with E-state index in [2.05, 4.69) is 15.9 Å². The van der Waals surface area contributed by atoms with Gasteiger partial charge in [0.1, 0.15) is 0 Å². The predicted molar refractivity (Wildman–Crippen MR) is 98.8 cm³/mol. The van der Waals surface area contributed by atoms with Crippen LogP contribution in [0.15, 0.2) is 57.9 Å². The van der Waals surface area contributed by atoms with Gasteiger partial charge in [0.15, 0.2) is 0 Å². The molecule has 2 aromatic rings. The first-order chi connectivity index (χ1) is 12.0. The highest BCUT2D eigenvalue weighted by Gasteiger charge is 2.35. The van der Waals surface area contributed by atoms with E-state index >= 15 is 0 Å². The smallest absolute Gasteiger partial charge is 0.268 e. The third-order valence-electron chi connectivity index (χ3n) is 3.56. The molecule has 1 saturated heterocycles. The van der Waals surface area contributed by atoms with Gasteiger partial charge in [-0.1, -0.05) is 34.1 Å². The molecule has 0 unspecified atom stereocenters. The zero-order valence-electron chi connectivity index (χ0n) is 12.7. The first-order valence-corrected chi connectivity index (χ1v) is 8.80. The van der Waals surface area contributed by atoms with Gasteiger partial charge < -0.3 is 0 Å². The molecule has 0 spiro atoms. The molecule has 0 aliphatic carbocycles. The van der Waals surface area contributed by atoms with Crippen LogP contribution in [0, 0.1) is 10.1 Å². The van der Waals surface area contributed by atoms with Crippen LogP contribution in [0.25, 0.3) is 6.08 Å². The van der Waals surface area contributed by atoms with E-state index in [1.54, 1.807) is 18.2 Å². The summed E-state index contributed by atoms with van der Waals surface area (Å²) in [7, 11) is 0. The van der Waals surface area contributed by atoms with Gasteiger partial charge in [0.2, 0.25) is 0 Å². The summed E-state index contributed by atoms with van der Waals surface area (Å²) in [5.41, 5.74) is 1.43. The van der Waals surface area contributed by atoms with Crippen molar-refractivity contribution < 1.29 is 14.5 Å². The van der Waals surface area contributed by atoms with Crippen molar-refractivity contribution in [3.05, 3.63) is 79.2 Å². The Kier molecular flexibility index (Phi) is 5.00. The molecule has 25 heavy (non-hydrogen) atoms. The molecule has 8 heteroatoms. The molecule has 0 aromatic heterocycles. The maximum Gasteiger partial charge on any atom is 0.293 e. The summed E-state index contributed by atoms with van der Waals surface area (Å²) in [6.45, 7) is 0.184. The molecule has 126 valence electrons. The molecule has 1 heterocycles. The van der Waals surface area contributed by atoms with Crippen LogP contribution in [0.5, 0.6) is 0 Å². The van der Waals surface area contributed by atoms with Gasteiger partial charge in [-0.15, -0.1) is 0 Å². The van der Waals surface area contributed by atoms with E-state index in [0.29, 0.717) is 10.5 Å². The van der Waals surface area contributed by atoms with E-state index in [0.717, 1.165) is 21.8 Å². The number of carbonyl (C=O) groups excluding carboxylic acids is 2. The number of non-ortho nitro benzene ring substituents is 1. The van der Waals surface area contributed by atoms with Crippen molar-refractivity contribution in [3.8, 4) is 0 Å². The summed E-state index contributed by atoms with van der Waals surface area (Å²) < 4.78 is 0.827. The number of nitro groups is 1. The second kappa shape index (κ2) is 7.20. The number of imide groups is 1. The van der Waals surface area contributed by atoms with Gasteiger partial charge in [0, 0.05) is 16.6 Å². The number of nitro benzene ring substituents is 1. The first-order valence-electron chi connectivity index (χ1n) is 7.19. The average Bonchev–Trinajstić information content (AvgIpc) is 2.85. The number of thioether (sulfide) groups is 1. The Bertz CT molecular complexity index is 896. The van der Waals surface area contributed by atoms with Crippen molar-refractivity contribution in [3.63, 3.8) is 0 Å². The summed E-state index contributed by atoms with van der Waals surface area (Å²) in [5, 5.41) is 10.3. The minimum Gasteiger partial charge on any atom is -0.268 e. The van der Waals surface area contributed by atoms with Crippen LogP contribution in [-0.4, -0.2) is 21.0 Å². The normalized spacial score (nSPS) is 15.9. The third-order valence-corrected chi connectivity index (χ3v) is 5.24. The number of rotatable bonds is 4. The Labute approximate surface area is 155 Å². The summed E-state index contributed by atoms with van der Waals surface area (Å²) in [4.78, 5) is 36.3. The SMILES string of the molecule is O=C1S/C(=C\c2ccc([N+](=O)[O-])cc2)C(=O)N1Cc1ccccc1Br. The molecule has 3 rings (SSSR count). The van der Waals surface area contributed by atoms with Gasteiger partial charge in [-0.3, -0.25) is 24.6 Å². The van der Waals surface area contributed by atoms with Gasteiger partial charge in [-0.25, -0.2) is 0 Å². The monoisotopic (exact) mass is 418 g/mol. The fraction of sp³-hybridized carbons (Fsp3) is 0.0588. The highest BCUT2D eigenvalue weighted by atomic mass is 79.9. The molecular formula is C17H11BrN2O4S. The lowest BCUT2D eigenvalue weighted by Crippen LogP contribution is -2.27. The fourth-order valence-corrected chi connectivity index (χ4v) is 3.53. The Morgan fingerprint density at radius 2 is 1.80 bits per heavy atom. The molecule has 2 amide bonds. The zero-order chi connectivity index (χ0) is 18.0. The number of amides is 2. The van der Waals surface area contributed by atoms with Gasteiger partial charge in [0.05, 0.1) is 16.4 Å². The Morgan fingerprint density at radius 3 is 2.44 bits per heavy atom. The Hall–Kier alpha value is -2.45. The van der Waals surface area contributed by atoms with E-state index < -0.39 is 4.92 Å². The van der Waals surface area contributed by atoms with Crippen LogP contribution in [0.1, 0.15) is 11.1 Å². The number of hydrogen-bond donors (Lipinski definition) is 0. The van der Waals surface area contributed by atoms with Crippen molar-refractivity contribution in [2.45, 2.75) is 6.54 Å². The standard InChI is InChI=1S/C17H11BrN2O4S/c18-14-4-2-1-3-12(14)10-19-16(21)15(25-17(19)22)9-11-5-7-13(8-6-11)20(23)24/h1-9H,10H2/b15-9-. The lowest BCUT2D eigenvalue weighted by molar-refractivity contribution is -0.384. The van der Waals surface area contributed by atoms with Crippen molar-refractivity contribution in [1.82, 2.24) is 4.90 Å². The van der Waals surface area contributed by atoms with Crippen LogP contribution < -0.4 is 0 Å². The minimum atomic E-state index is -0.491. The minimum absolute atomic E-state index is 0.0285. The van der Waals surface area contributed by atoms with Gasteiger partial charge in [-0.05, 0) is 47.2 Å². The van der Waals surface area contributed by atoms with Crippen LogP contribution in [0.2, 0.25) is 0 Å². The molecule has 1 aliphatic rings. The molecule has 0 radical (unpaired) electrons. The fourth-order valence-electron chi connectivity index (χ4n) is 2.28. The number of benzene rings is 2. The topological polar surface area (TPSA) is 80.5 Å². The first kappa shape index (κ1) is 17.4. The summed E-state index contributed by atoms with van der Waals surface area (Å²) in [6.07, 6.45) is 1.56. The summed E-state index contributed by atoms with van der Waals surface area (Å²) in [6, 6.07) is 13.2. The molecule has 0 saturated carbocycles.